The molecule has 1 unspecified atom stereocenters. The minimum atomic E-state index is -0.187. The Kier molecular flexibility index (Phi) is 5.01. The summed E-state index contributed by atoms with van der Waals surface area (Å²) < 4.78 is 4.52. The maximum Gasteiger partial charge on any atom is 0.315 e. The molecule has 0 heterocycles. The number of esters is 1. The molecule has 0 aromatic carbocycles. The molecule has 0 aromatic heterocycles. The van der Waals surface area contributed by atoms with E-state index in [0.29, 0.717) is 11.5 Å². The number of methoxy groups -OCH3 is 1. The van der Waals surface area contributed by atoms with Crippen LogP contribution in [0.5, 0.6) is 0 Å². The van der Waals surface area contributed by atoms with Crippen LogP contribution < -0.4 is 0 Å². The van der Waals surface area contributed by atoms with Gasteiger partial charge in [0.05, 0.1) is 12.9 Å². The van der Waals surface area contributed by atoms with E-state index in [1.807, 2.05) is 0 Å². The van der Waals surface area contributed by atoms with Crippen LogP contribution in [-0.4, -0.2) is 30.4 Å². The molecule has 0 radical (unpaired) electrons. The Labute approximate surface area is 88.6 Å². The lowest BCUT2D eigenvalue weighted by atomic mass is 10.1. The van der Waals surface area contributed by atoms with Crippen molar-refractivity contribution in [2.75, 3.05) is 18.6 Å². The molecule has 1 saturated carbocycles. The fourth-order valence-electron chi connectivity index (χ4n) is 1.63. The average Bonchev–Trinajstić information content (AvgIpc) is 2.58. The van der Waals surface area contributed by atoms with Crippen molar-refractivity contribution < 1.29 is 14.3 Å². The maximum atomic E-state index is 11.3. The van der Waals surface area contributed by atoms with Gasteiger partial charge in [-0.1, -0.05) is 0 Å². The van der Waals surface area contributed by atoms with Gasteiger partial charge < -0.3 is 4.74 Å². The second-order valence-corrected chi connectivity index (χ2v) is 4.58. The van der Waals surface area contributed by atoms with E-state index >= 15 is 0 Å². The van der Waals surface area contributed by atoms with Crippen LogP contribution in [0.3, 0.4) is 0 Å². The number of rotatable bonds is 5. The number of ether oxygens (including phenoxy) is 1. The van der Waals surface area contributed by atoms with E-state index in [1.54, 1.807) is 11.8 Å². The Morgan fingerprint density at radius 3 is 3.00 bits per heavy atom. The number of hydrogen-bond donors (Lipinski definition) is 0. The highest BCUT2D eigenvalue weighted by Gasteiger charge is 2.23. The van der Waals surface area contributed by atoms with Gasteiger partial charge in [0, 0.05) is 12.3 Å². The van der Waals surface area contributed by atoms with Crippen molar-refractivity contribution in [1.29, 1.82) is 0 Å². The number of hydrogen-bond acceptors (Lipinski definition) is 4. The maximum absolute atomic E-state index is 11.3. The Hall–Kier alpha value is -0.510. The van der Waals surface area contributed by atoms with Gasteiger partial charge in [-0.15, -0.1) is 0 Å². The first kappa shape index (κ1) is 11.6. The van der Waals surface area contributed by atoms with Crippen molar-refractivity contribution in [3.8, 4) is 0 Å². The molecule has 80 valence electrons. The molecule has 0 aromatic rings. The van der Waals surface area contributed by atoms with Gasteiger partial charge in [0.15, 0.2) is 0 Å². The summed E-state index contributed by atoms with van der Waals surface area (Å²) in [4.78, 5) is 22.0. The fourth-order valence-corrected chi connectivity index (χ4v) is 2.51. The molecule has 1 aliphatic rings. The minimum absolute atomic E-state index is 0.187. The number of Topliss-reactive ketones (excluding diaryl/α,β-unsaturated/α-hetero) is 1. The van der Waals surface area contributed by atoms with Crippen LogP contribution in [0.15, 0.2) is 0 Å². The smallest absolute Gasteiger partial charge is 0.315 e. The summed E-state index contributed by atoms with van der Waals surface area (Å²) in [6.45, 7) is 0. The molecule has 1 rings (SSSR count). The molecule has 1 atom stereocenters. The van der Waals surface area contributed by atoms with Gasteiger partial charge in [0.25, 0.3) is 0 Å². The lowest BCUT2D eigenvalue weighted by molar-refractivity contribution is -0.137. The van der Waals surface area contributed by atoms with Crippen LogP contribution in [0, 0.1) is 5.92 Å². The van der Waals surface area contributed by atoms with Crippen LogP contribution in [0.1, 0.15) is 25.7 Å². The standard InChI is InChI=1S/C10H16O3S/c1-13-10(12)7-14-6-5-8-3-2-4-9(8)11/h8H,2-7H2,1H3. The molecule has 0 spiro atoms. The first-order valence-corrected chi connectivity index (χ1v) is 6.06. The predicted molar refractivity (Wildman–Crippen MR) is 56.3 cm³/mol. The molecule has 0 N–H and O–H groups in total. The van der Waals surface area contributed by atoms with Crippen LogP contribution in [0.4, 0.5) is 0 Å². The van der Waals surface area contributed by atoms with E-state index in [9.17, 15) is 9.59 Å². The highest BCUT2D eigenvalue weighted by Crippen LogP contribution is 2.25. The summed E-state index contributed by atoms with van der Waals surface area (Å²) in [5.74, 6) is 1.76. The Bertz CT molecular complexity index is 215. The first-order chi connectivity index (χ1) is 6.74. The lowest BCUT2D eigenvalue weighted by Gasteiger charge is -2.06. The van der Waals surface area contributed by atoms with Crippen LogP contribution in [0.25, 0.3) is 0 Å². The highest BCUT2D eigenvalue weighted by atomic mass is 32.2. The summed E-state index contributed by atoms with van der Waals surface area (Å²) in [6, 6.07) is 0. The molecular weight excluding hydrogens is 200 g/mol. The number of carbonyl (C=O) groups is 2. The van der Waals surface area contributed by atoms with Crippen molar-refractivity contribution in [3.05, 3.63) is 0 Å². The average molecular weight is 216 g/mol. The van der Waals surface area contributed by atoms with Gasteiger partial charge >= 0.3 is 5.97 Å². The van der Waals surface area contributed by atoms with E-state index in [2.05, 4.69) is 4.74 Å². The second kappa shape index (κ2) is 6.06. The van der Waals surface area contributed by atoms with E-state index in [0.717, 1.165) is 31.4 Å². The van der Waals surface area contributed by atoms with Crippen molar-refractivity contribution in [2.24, 2.45) is 5.92 Å². The molecule has 1 aliphatic carbocycles. The van der Waals surface area contributed by atoms with Gasteiger partial charge in [0.2, 0.25) is 0 Å². The monoisotopic (exact) mass is 216 g/mol. The zero-order valence-electron chi connectivity index (χ0n) is 8.45. The van der Waals surface area contributed by atoms with Gasteiger partial charge in [-0.25, -0.2) is 0 Å². The third kappa shape index (κ3) is 3.70. The van der Waals surface area contributed by atoms with Crippen molar-refractivity contribution >= 4 is 23.5 Å². The van der Waals surface area contributed by atoms with Crippen LogP contribution in [-0.2, 0) is 14.3 Å². The number of thioether (sulfide) groups is 1. The van der Waals surface area contributed by atoms with Gasteiger partial charge in [-0.2, -0.15) is 11.8 Å². The fraction of sp³-hybridized carbons (Fsp3) is 0.800. The molecular formula is C10H16O3S. The van der Waals surface area contributed by atoms with E-state index in [1.165, 1.54) is 7.11 Å². The van der Waals surface area contributed by atoms with Crippen molar-refractivity contribution in [2.45, 2.75) is 25.7 Å². The first-order valence-electron chi connectivity index (χ1n) is 4.91. The molecule has 3 nitrogen and oxygen atoms in total. The van der Waals surface area contributed by atoms with E-state index < -0.39 is 0 Å². The third-order valence-corrected chi connectivity index (χ3v) is 3.45. The van der Waals surface area contributed by atoms with E-state index in [-0.39, 0.29) is 11.9 Å². The highest BCUT2D eigenvalue weighted by molar-refractivity contribution is 7.99. The van der Waals surface area contributed by atoms with Crippen LogP contribution >= 0.6 is 11.8 Å². The van der Waals surface area contributed by atoms with E-state index in [4.69, 9.17) is 0 Å². The second-order valence-electron chi connectivity index (χ2n) is 3.47. The topological polar surface area (TPSA) is 43.4 Å². The molecule has 14 heavy (non-hydrogen) atoms. The minimum Gasteiger partial charge on any atom is -0.468 e. The summed E-state index contributed by atoms with van der Waals surface area (Å²) in [7, 11) is 1.39. The summed E-state index contributed by atoms with van der Waals surface area (Å²) >= 11 is 1.55. The summed E-state index contributed by atoms with van der Waals surface area (Å²) in [6.07, 6.45) is 3.76. The summed E-state index contributed by atoms with van der Waals surface area (Å²) in [5, 5.41) is 0. The zero-order chi connectivity index (χ0) is 10.4. The quantitative estimate of drug-likeness (QED) is 0.518. The third-order valence-electron chi connectivity index (χ3n) is 2.49. The predicted octanol–water partition coefficient (Wildman–Crippen LogP) is 1.65. The molecule has 0 amide bonds. The summed E-state index contributed by atoms with van der Waals surface area (Å²) in [5.41, 5.74) is 0. The van der Waals surface area contributed by atoms with Crippen molar-refractivity contribution in [3.63, 3.8) is 0 Å². The number of carbonyl (C=O) groups excluding carboxylic acids is 2. The molecule has 0 saturated heterocycles. The molecule has 4 heteroatoms. The largest absolute Gasteiger partial charge is 0.468 e. The molecule has 0 aliphatic heterocycles. The lowest BCUT2D eigenvalue weighted by Crippen LogP contribution is -2.09. The Balaban J connectivity index is 2.03. The van der Waals surface area contributed by atoms with Crippen molar-refractivity contribution in [1.82, 2.24) is 0 Å². The Morgan fingerprint density at radius 1 is 1.64 bits per heavy atom. The van der Waals surface area contributed by atoms with Crippen LogP contribution in [0.2, 0.25) is 0 Å². The molecule has 1 fully saturated rings. The van der Waals surface area contributed by atoms with Gasteiger partial charge in [-0.05, 0) is 25.0 Å². The molecule has 0 bridgehead atoms. The Morgan fingerprint density at radius 2 is 2.43 bits per heavy atom. The SMILES string of the molecule is COC(=O)CSCCC1CCCC1=O. The number of ketones is 1. The zero-order valence-corrected chi connectivity index (χ0v) is 9.27. The van der Waals surface area contributed by atoms with Gasteiger partial charge in [-0.3, -0.25) is 9.59 Å². The van der Waals surface area contributed by atoms with Gasteiger partial charge in [0.1, 0.15) is 5.78 Å². The normalized spacial score (nSPS) is 21.2.